The third-order valence-corrected chi connectivity index (χ3v) is 4.21. The molecule has 1 saturated heterocycles. The number of nitriles is 1. The third-order valence-electron chi connectivity index (χ3n) is 4.21. The van der Waals surface area contributed by atoms with E-state index < -0.39 is 0 Å². The summed E-state index contributed by atoms with van der Waals surface area (Å²) in [4.78, 5) is 19.0. The Balaban J connectivity index is 1.75. The summed E-state index contributed by atoms with van der Waals surface area (Å²) in [7, 11) is 0. The molecule has 5 heteroatoms. The molecule has 122 valence electrons. The molecule has 0 radical (unpaired) electrons. The standard InChI is InChI=1S/C19H20N4O/c20-12-15-6-5-7-17(10-15)22-19(24)16-11-18(14-21-13-16)23-8-3-1-2-4-9-23/h5-7,10-11,13-14H,1-4,8-9H2,(H,22,24). The van der Waals surface area contributed by atoms with E-state index in [2.05, 4.69) is 21.3 Å². The molecule has 0 spiro atoms. The summed E-state index contributed by atoms with van der Waals surface area (Å²) in [6, 6.07) is 10.8. The number of carbonyl (C=O) groups is 1. The molecule has 1 N–H and O–H groups in total. The first-order valence-electron chi connectivity index (χ1n) is 8.28. The van der Waals surface area contributed by atoms with Gasteiger partial charge < -0.3 is 10.2 Å². The highest BCUT2D eigenvalue weighted by Crippen LogP contribution is 2.20. The Labute approximate surface area is 141 Å². The lowest BCUT2D eigenvalue weighted by atomic mass is 10.2. The van der Waals surface area contributed by atoms with Crippen LogP contribution in [0.15, 0.2) is 42.7 Å². The summed E-state index contributed by atoms with van der Waals surface area (Å²) >= 11 is 0. The average molecular weight is 320 g/mol. The lowest BCUT2D eigenvalue weighted by Gasteiger charge is -2.22. The van der Waals surface area contributed by atoms with Gasteiger partial charge in [0.05, 0.1) is 29.1 Å². The minimum absolute atomic E-state index is 0.214. The van der Waals surface area contributed by atoms with E-state index in [0.717, 1.165) is 18.8 Å². The van der Waals surface area contributed by atoms with E-state index in [4.69, 9.17) is 5.26 Å². The summed E-state index contributed by atoms with van der Waals surface area (Å²) < 4.78 is 0. The fraction of sp³-hybridized carbons (Fsp3) is 0.316. The van der Waals surface area contributed by atoms with Crippen LogP contribution in [0.2, 0.25) is 0 Å². The maximum atomic E-state index is 12.5. The summed E-state index contributed by atoms with van der Waals surface area (Å²) in [5.41, 5.74) is 2.65. The van der Waals surface area contributed by atoms with Gasteiger partial charge in [-0.25, -0.2) is 0 Å². The number of pyridine rings is 1. The Morgan fingerprint density at radius 2 is 1.92 bits per heavy atom. The van der Waals surface area contributed by atoms with Gasteiger partial charge >= 0.3 is 0 Å². The minimum Gasteiger partial charge on any atom is -0.370 e. The monoisotopic (exact) mass is 320 g/mol. The molecule has 1 amide bonds. The molecular formula is C19H20N4O. The topological polar surface area (TPSA) is 69.0 Å². The fourth-order valence-corrected chi connectivity index (χ4v) is 2.92. The number of hydrogen-bond acceptors (Lipinski definition) is 4. The third kappa shape index (κ3) is 3.90. The van der Waals surface area contributed by atoms with E-state index in [-0.39, 0.29) is 5.91 Å². The van der Waals surface area contributed by atoms with Crippen molar-refractivity contribution < 1.29 is 4.79 Å². The Morgan fingerprint density at radius 1 is 1.12 bits per heavy atom. The van der Waals surface area contributed by atoms with Gasteiger partial charge in [0, 0.05) is 25.0 Å². The first-order valence-corrected chi connectivity index (χ1v) is 8.28. The average Bonchev–Trinajstić information content (AvgIpc) is 2.91. The summed E-state index contributed by atoms with van der Waals surface area (Å²) in [5.74, 6) is -0.214. The van der Waals surface area contributed by atoms with Crippen molar-refractivity contribution in [1.82, 2.24) is 4.98 Å². The van der Waals surface area contributed by atoms with Gasteiger partial charge in [0.2, 0.25) is 0 Å². The van der Waals surface area contributed by atoms with Crippen molar-refractivity contribution in [3.05, 3.63) is 53.9 Å². The summed E-state index contributed by atoms with van der Waals surface area (Å²) in [6.45, 7) is 2.02. The number of hydrogen-bond donors (Lipinski definition) is 1. The van der Waals surface area contributed by atoms with Crippen LogP contribution in [0.3, 0.4) is 0 Å². The summed E-state index contributed by atoms with van der Waals surface area (Å²) in [5, 5.41) is 11.8. The molecule has 0 bridgehead atoms. The zero-order valence-corrected chi connectivity index (χ0v) is 13.5. The fourth-order valence-electron chi connectivity index (χ4n) is 2.92. The number of nitrogens with one attached hydrogen (secondary N) is 1. The molecule has 0 unspecified atom stereocenters. The predicted octanol–water partition coefficient (Wildman–Crippen LogP) is 3.59. The molecule has 1 fully saturated rings. The van der Waals surface area contributed by atoms with E-state index >= 15 is 0 Å². The molecule has 1 aromatic heterocycles. The van der Waals surface area contributed by atoms with E-state index in [9.17, 15) is 4.79 Å². The maximum Gasteiger partial charge on any atom is 0.257 e. The Kier molecular flexibility index (Phi) is 5.07. The van der Waals surface area contributed by atoms with Crippen molar-refractivity contribution in [3.63, 3.8) is 0 Å². The van der Waals surface area contributed by atoms with E-state index in [0.29, 0.717) is 16.8 Å². The van der Waals surface area contributed by atoms with Gasteiger partial charge in [-0.1, -0.05) is 18.9 Å². The highest BCUT2D eigenvalue weighted by Gasteiger charge is 2.13. The van der Waals surface area contributed by atoms with Gasteiger partial charge in [-0.05, 0) is 37.1 Å². The van der Waals surface area contributed by atoms with Crippen LogP contribution < -0.4 is 10.2 Å². The molecule has 1 aromatic carbocycles. The second-order valence-corrected chi connectivity index (χ2v) is 5.98. The number of nitrogens with zero attached hydrogens (tertiary/aromatic N) is 3. The number of rotatable bonds is 3. The highest BCUT2D eigenvalue weighted by atomic mass is 16.1. The van der Waals surface area contributed by atoms with Crippen molar-refractivity contribution in [1.29, 1.82) is 5.26 Å². The largest absolute Gasteiger partial charge is 0.370 e. The number of benzene rings is 1. The molecule has 0 aliphatic carbocycles. The number of amides is 1. The molecule has 0 atom stereocenters. The van der Waals surface area contributed by atoms with Crippen LogP contribution in [-0.2, 0) is 0 Å². The first-order chi connectivity index (χ1) is 11.8. The number of aromatic nitrogens is 1. The van der Waals surface area contributed by atoms with Crippen LogP contribution in [0.4, 0.5) is 11.4 Å². The minimum atomic E-state index is -0.214. The van der Waals surface area contributed by atoms with Crippen molar-refractivity contribution in [2.24, 2.45) is 0 Å². The molecule has 5 nitrogen and oxygen atoms in total. The lowest BCUT2D eigenvalue weighted by Crippen LogP contribution is -2.24. The van der Waals surface area contributed by atoms with Crippen LogP contribution in [0.1, 0.15) is 41.6 Å². The van der Waals surface area contributed by atoms with Crippen molar-refractivity contribution in [2.45, 2.75) is 25.7 Å². The van der Waals surface area contributed by atoms with Gasteiger partial charge in [0.25, 0.3) is 5.91 Å². The predicted molar refractivity (Wildman–Crippen MR) is 94.0 cm³/mol. The molecule has 2 aromatic rings. The van der Waals surface area contributed by atoms with Crippen molar-refractivity contribution in [2.75, 3.05) is 23.3 Å². The Bertz CT molecular complexity index is 758. The molecule has 0 saturated carbocycles. The van der Waals surface area contributed by atoms with E-state index in [1.54, 1.807) is 30.5 Å². The molecule has 3 rings (SSSR count). The van der Waals surface area contributed by atoms with Gasteiger partial charge in [0.1, 0.15) is 0 Å². The second kappa shape index (κ2) is 7.60. The lowest BCUT2D eigenvalue weighted by molar-refractivity contribution is 0.102. The van der Waals surface area contributed by atoms with Crippen LogP contribution in [-0.4, -0.2) is 24.0 Å². The maximum absolute atomic E-state index is 12.5. The van der Waals surface area contributed by atoms with Crippen LogP contribution in [0.5, 0.6) is 0 Å². The Hall–Kier alpha value is -2.87. The smallest absolute Gasteiger partial charge is 0.257 e. The van der Waals surface area contributed by atoms with Crippen molar-refractivity contribution >= 4 is 17.3 Å². The highest BCUT2D eigenvalue weighted by molar-refractivity contribution is 6.04. The molecule has 1 aliphatic heterocycles. The van der Waals surface area contributed by atoms with Crippen LogP contribution >= 0.6 is 0 Å². The van der Waals surface area contributed by atoms with E-state index in [1.165, 1.54) is 25.7 Å². The zero-order valence-electron chi connectivity index (χ0n) is 13.5. The second-order valence-electron chi connectivity index (χ2n) is 5.98. The molecule has 2 heterocycles. The molecular weight excluding hydrogens is 300 g/mol. The zero-order chi connectivity index (χ0) is 16.8. The molecule has 24 heavy (non-hydrogen) atoms. The van der Waals surface area contributed by atoms with Gasteiger partial charge in [-0.3, -0.25) is 9.78 Å². The SMILES string of the molecule is N#Cc1cccc(NC(=O)c2cncc(N3CCCCCC3)c2)c1. The summed E-state index contributed by atoms with van der Waals surface area (Å²) in [6.07, 6.45) is 8.27. The Morgan fingerprint density at radius 3 is 2.67 bits per heavy atom. The first kappa shape index (κ1) is 16.0. The molecule has 1 aliphatic rings. The van der Waals surface area contributed by atoms with Crippen LogP contribution in [0, 0.1) is 11.3 Å². The number of anilines is 2. The quantitative estimate of drug-likeness (QED) is 0.938. The van der Waals surface area contributed by atoms with Gasteiger partial charge in [0.15, 0.2) is 0 Å². The van der Waals surface area contributed by atoms with Gasteiger partial charge in [-0.2, -0.15) is 5.26 Å². The van der Waals surface area contributed by atoms with E-state index in [1.807, 2.05) is 12.3 Å². The normalized spacial score (nSPS) is 14.5. The number of carbonyl (C=O) groups excluding carboxylic acids is 1. The van der Waals surface area contributed by atoms with Crippen LogP contribution in [0.25, 0.3) is 0 Å². The van der Waals surface area contributed by atoms with Gasteiger partial charge in [-0.15, -0.1) is 0 Å². The van der Waals surface area contributed by atoms with Crippen molar-refractivity contribution in [3.8, 4) is 6.07 Å².